The van der Waals surface area contributed by atoms with Crippen molar-refractivity contribution >= 4 is 11.7 Å². The predicted octanol–water partition coefficient (Wildman–Crippen LogP) is 1.91. The van der Waals surface area contributed by atoms with E-state index >= 15 is 0 Å². The van der Waals surface area contributed by atoms with Gasteiger partial charge in [-0.05, 0) is 44.2 Å². The molecule has 3 heterocycles. The first-order chi connectivity index (χ1) is 13.2. The fraction of sp³-hybridized carbons (Fsp3) is 0.526. The SMILES string of the molecule is CC1NNCC1CCCNC(=O)Nc1cccc(-c2nnc3n2CCC3)c1. The molecule has 2 amide bonds. The Hall–Kier alpha value is -2.45. The number of hydrogen-bond donors (Lipinski definition) is 4. The lowest BCUT2D eigenvalue weighted by Gasteiger charge is -2.13. The molecule has 1 fully saturated rings. The number of fused-ring (bicyclic) bond motifs is 1. The van der Waals surface area contributed by atoms with Gasteiger partial charge >= 0.3 is 6.03 Å². The molecule has 2 aliphatic heterocycles. The highest BCUT2D eigenvalue weighted by Crippen LogP contribution is 2.25. The second-order valence-corrected chi connectivity index (χ2v) is 7.37. The highest BCUT2D eigenvalue weighted by Gasteiger charge is 2.22. The predicted molar refractivity (Wildman–Crippen MR) is 104 cm³/mol. The molecule has 0 bridgehead atoms. The molecule has 2 atom stereocenters. The van der Waals surface area contributed by atoms with Crippen molar-refractivity contribution < 1.29 is 4.79 Å². The van der Waals surface area contributed by atoms with E-state index in [1.54, 1.807) is 0 Å². The van der Waals surface area contributed by atoms with Crippen molar-refractivity contribution in [3.63, 3.8) is 0 Å². The van der Waals surface area contributed by atoms with Crippen LogP contribution in [0.2, 0.25) is 0 Å². The number of amides is 2. The molecule has 4 rings (SSSR count). The number of aryl methyl sites for hydroxylation is 1. The minimum absolute atomic E-state index is 0.172. The zero-order valence-corrected chi connectivity index (χ0v) is 15.7. The van der Waals surface area contributed by atoms with Gasteiger partial charge in [0, 0.05) is 43.3 Å². The molecule has 1 aromatic heterocycles. The van der Waals surface area contributed by atoms with Crippen molar-refractivity contribution in [3.05, 3.63) is 30.1 Å². The highest BCUT2D eigenvalue weighted by atomic mass is 16.2. The maximum atomic E-state index is 12.2. The Morgan fingerprint density at radius 3 is 3.15 bits per heavy atom. The second-order valence-electron chi connectivity index (χ2n) is 7.37. The monoisotopic (exact) mass is 369 g/mol. The van der Waals surface area contributed by atoms with Gasteiger partial charge in [-0.25, -0.2) is 4.79 Å². The molecule has 0 spiro atoms. The summed E-state index contributed by atoms with van der Waals surface area (Å²) in [6.45, 7) is 4.81. The van der Waals surface area contributed by atoms with E-state index in [4.69, 9.17) is 0 Å². The van der Waals surface area contributed by atoms with Gasteiger partial charge in [0.15, 0.2) is 5.82 Å². The lowest BCUT2D eigenvalue weighted by atomic mass is 9.98. The van der Waals surface area contributed by atoms with Crippen LogP contribution in [0.4, 0.5) is 10.5 Å². The van der Waals surface area contributed by atoms with E-state index in [1.807, 2.05) is 24.3 Å². The Balaban J connectivity index is 1.28. The number of urea groups is 1. The normalized spacial score (nSPS) is 21.2. The molecule has 8 heteroatoms. The van der Waals surface area contributed by atoms with E-state index in [-0.39, 0.29) is 6.03 Å². The number of benzene rings is 1. The van der Waals surface area contributed by atoms with Gasteiger partial charge in [-0.15, -0.1) is 10.2 Å². The number of anilines is 1. The quantitative estimate of drug-likeness (QED) is 0.584. The number of carbonyl (C=O) groups excluding carboxylic acids is 1. The van der Waals surface area contributed by atoms with E-state index in [0.29, 0.717) is 18.5 Å². The summed E-state index contributed by atoms with van der Waals surface area (Å²) in [5, 5.41) is 14.4. The fourth-order valence-electron chi connectivity index (χ4n) is 3.84. The number of aromatic nitrogens is 3. The summed E-state index contributed by atoms with van der Waals surface area (Å²) in [4.78, 5) is 12.2. The van der Waals surface area contributed by atoms with Crippen LogP contribution in [-0.2, 0) is 13.0 Å². The summed E-state index contributed by atoms with van der Waals surface area (Å²) < 4.78 is 2.16. The third-order valence-electron chi connectivity index (χ3n) is 5.43. The van der Waals surface area contributed by atoms with Crippen LogP contribution in [0.5, 0.6) is 0 Å². The summed E-state index contributed by atoms with van der Waals surface area (Å²) in [6, 6.07) is 8.09. The Kier molecular flexibility index (Phi) is 5.35. The molecule has 0 aliphatic carbocycles. The molecular weight excluding hydrogens is 342 g/mol. The highest BCUT2D eigenvalue weighted by molar-refractivity contribution is 5.89. The first-order valence-corrected chi connectivity index (χ1v) is 9.76. The van der Waals surface area contributed by atoms with Crippen LogP contribution < -0.4 is 21.5 Å². The summed E-state index contributed by atoms with van der Waals surface area (Å²) >= 11 is 0. The van der Waals surface area contributed by atoms with Crippen LogP contribution >= 0.6 is 0 Å². The number of nitrogens with zero attached hydrogens (tertiary/aromatic N) is 3. The molecule has 0 saturated carbocycles. The molecule has 27 heavy (non-hydrogen) atoms. The first-order valence-electron chi connectivity index (χ1n) is 9.76. The lowest BCUT2D eigenvalue weighted by molar-refractivity contribution is 0.251. The summed E-state index contributed by atoms with van der Waals surface area (Å²) in [7, 11) is 0. The molecule has 2 aliphatic rings. The summed E-state index contributed by atoms with van der Waals surface area (Å²) in [5.41, 5.74) is 8.14. The van der Waals surface area contributed by atoms with Gasteiger partial charge in [0.1, 0.15) is 5.82 Å². The van der Waals surface area contributed by atoms with Crippen LogP contribution in [0.1, 0.15) is 32.0 Å². The van der Waals surface area contributed by atoms with E-state index < -0.39 is 0 Å². The molecule has 4 N–H and O–H groups in total. The van der Waals surface area contributed by atoms with Gasteiger partial charge in [0.2, 0.25) is 0 Å². The van der Waals surface area contributed by atoms with Crippen LogP contribution in [0, 0.1) is 5.92 Å². The number of hydrazine groups is 1. The maximum absolute atomic E-state index is 12.2. The van der Waals surface area contributed by atoms with E-state index in [2.05, 4.69) is 43.2 Å². The van der Waals surface area contributed by atoms with Crippen molar-refractivity contribution in [2.75, 3.05) is 18.4 Å². The molecule has 1 aromatic carbocycles. The molecule has 1 saturated heterocycles. The van der Waals surface area contributed by atoms with Crippen molar-refractivity contribution in [2.24, 2.45) is 5.92 Å². The molecular formula is C19H27N7O. The van der Waals surface area contributed by atoms with Crippen molar-refractivity contribution in [3.8, 4) is 11.4 Å². The van der Waals surface area contributed by atoms with Gasteiger partial charge in [-0.3, -0.25) is 10.9 Å². The molecule has 2 unspecified atom stereocenters. The summed E-state index contributed by atoms with van der Waals surface area (Å²) in [6.07, 6.45) is 4.16. The zero-order chi connectivity index (χ0) is 18.6. The average Bonchev–Trinajstić information content (AvgIpc) is 3.36. The van der Waals surface area contributed by atoms with E-state index in [1.165, 1.54) is 0 Å². The van der Waals surface area contributed by atoms with Crippen LogP contribution in [0.15, 0.2) is 24.3 Å². The van der Waals surface area contributed by atoms with Gasteiger partial charge in [0.25, 0.3) is 0 Å². The third-order valence-corrected chi connectivity index (χ3v) is 5.43. The van der Waals surface area contributed by atoms with Crippen molar-refractivity contribution in [1.82, 2.24) is 30.9 Å². The fourth-order valence-corrected chi connectivity index (χ4v) is 3.84. The van der Waals surface area contributed by atoms with Gasteiger partial charge in [0.05, 0.1) is 0 Å². The minimum Gasteiger partial charge on any atom is -0.338 e. The lowest BCUT2D eigenvalue weighted by Crippen LogP contribution is -2.30. The molecule has 8 nitrogen and oxygen atoms in total. The van der Waals surface area contributed by atoms with E-state index in [0.717, 1.165) is 61.7 Å². The Labute approximate surface area is 159 Å². The van der Waals surface area contributed by atoms with Crippen molar-refractivity contribution in [1.29, 1.82) is 0 Å². The Morgan fingerprint density at radius 2 is 2.30 bits per heavy atom. The third kappa shape index (κ3) is 4.12. The minimum atomic E-state index is -0.172. The standard InChI is InChI=1S/C19H27N7O/c1-13-15(12-21-23-13)6-3-9-20-19(27)22-16-7-2-5-14(11-16)18-25-24-17-8-4-10-26(17)18/h2,5,7,11,13,15,21,23H,3-4,6,8-10,12H2,1H3,(H2,20,22,27). The first kappa shape index (κ1) is 17.9. The number of hydrogen-bond acceptors (Lipinski definition) is 5. The topological polar surface area (TPSA) is 95.9 Å². The smallest absolute Gasteiger partial charge is 0.319 e. The van der Waals surface area contributed by atoms with Gasteiger partial charge < -0.3 is 15.2 Å². The number of nitrogens with one attached hydrogen (secondary N) is 4. The van der Waals surface area contributed by atoms with Crippen LogP contribution in [-0.4, -0.2) is 39.9 Å². The molecule has 144 valence electrons. The zero-order valence-electron chi connectivity index (χ0n) is 15.7. The number of carbonyl (C=O) groups is 1. The van der Waals surface area contributed by atoms with Gasteiger partial charge in [-0.2, -0.15) is 0 Å². The Bertz CT molecular complexity index is 803. The van der Waals surface area contributed by atoms with E-state index in [9.17, 15) is 4.79 Å². The van der Waals surface area contributed by atoms with Crippen LogP contribution in [0.3, 0.4) is 0 Å². The number of rotatable bonds is 6. The largest absolute Gasteiger partial charge is 0.338 e. The Morgan fingerprint density at radius 1 is 1.37 bits per heavy atom. The average molecular weight is 369 g/mol. The van der Waals surface area contributed by atoms with Gasteiger partial charge in [-0.1, -0.05) is 12.1 Å². The van der Waals surface area contributed by atoms with Crippen LogP contribution in [0.25, 0.3) is 11.4 Å². The second kappa shape index (κ2) is 8.06. The summed E-state index contributed by atoms with van der Waals surface area (Å²) in [5.74, 6) is 2.54. The molecule has 2 aromatic rings. The van der Waals surface area contributed by atoms with Crippen molar-refractivity contribution in [2.45, 2.75) is 45.2 Å². The molecule has 0 radical (unpaired) electrons. The maximum Gasteiger partial charge on any atom is 0.319 e.